The molecule has 1 atom stereocenters. The number of hydrogen-bond donors (Lipinski definition) is 3. The number of benzene rings is 1. The molecule has 0 saturated heterocycles. The second kappa shape index (κ2) is 8.15. The van der Waals surface area contributed by atoms with Gasteiger partial charge >= 0.3 is 12.0 Å². The maximum absolute atomic E-state index is 13.3. The zero-order chi connectivity index (χ0) is 15.8. The molecule has 6 nitrogen and oxygen atoms in total. The number of hydrogen-bond acceptors (Lipinski definition) is 3. The van der Waals surface area contributed by atoms with Crippen LogP contribution in [-0.4, -0.2) is 36.9 Å². The van der Waals surface area contributed by atoms with Gasteiger partial charge in [-0.2, -0.15) is 0 Å². The van der Waals surface area contributed by atoms with Crippen molar-refractivity contribution >= 4 is 12.0 Å². The molecular formula is C13H16F2N2O4. The molecule has 0 heterocycles. The van der Waals surface area contributed by atoms with E-state index in [-0.39, 0.29) is 25.1 Å². The lowest BCUT2D eigenvalue weighted by molar-refractivity contribution is -0.139. The summed E-state index contributed by atoms with van der Waals surface area (Å²) in [4.78, 5) is 22.0. The molecular weight excluding hydrogens is 286 g/mol. The van der Waals surface area contributed by atoms with Crippen LogP contribution in [0.3, 0.4) is 0 Å². The number of urea groups is 1. The first-order valence-electron chi connectivity index (χ1n) is 6.12. The first-order valence-corrected chi connectivity index (χ1v) is 6.12. The fraction of sp³-hybridized carbons (Fsp3) is 0.385. The van der Waals surface area contributed by atoms with Crippen molar-refractivity contribution in [2.45, 2.75) is 19.1 Å². The van der Waals surface area contributed by atoms with Crippen LogP contribution in [0.2, 0.25) is 0 Å². The molecule has 1 unspecified atom stereocenters. The molecule has 3 N–H and O–H groups in total. The van der Waals surface area contributed by atoms with Crippen molar-refractivity contribution in [3.63, 3.8) is 0 Å². The van der Waals surface area contributed by atoms with Crippen LogP contribution in [-0.2, 0) is 16.1 Å². The molecule has 0 aliphatic heterocycles. The van der Waals surface area contributed by atoms with Crippen LogP contribution in [0.4, 0.5) is 13.6 Å². The Kier molecular flexibility index (Phi) is 6.54. The van der Waals surface area contributed by atoms with E-state index in [0.717, 1.165) is 18.2 Å². The average molecular weight is 302 g/mol. The van der Waals surface area contributed by atoms with Crippen LogP contribution in [0.15, 0.2) is 18.2 Å². The van der Waals surface area contributed by atoms with Crippen molar-refractivity contribution in [3.05, 3.63) is 35.4 Å². The van der Waals surface area contributed by atoms with Crippen LogP contribution >= 0.6 is 0 Å². The number of nitrogens with one attached hydrogen (secondary N) is 2. The topological polar surface area (TPSA) is 87.7 Å². The molecule has 8 heteroatoms. The average Bonchev–Trinajstić information content (AvgIpc) is 2.44. The highest BCUT2D eigenvalue weighted by Gasteiger charge is 2.13. The minimum atomic E-state index is -1.05. The van der Waals surface area contributed by atoms with Crippen LogP contribution in [0.25, 0.3) is 0 Å². The molecule has 0 saturated carbocycles. The molecule has 0 spiro atoms. The standard InChI is InChI=1S/C13H16F2N2O4/c1-21-10(5-12(18)19)7-17-13(20)16-6-8-4-9(14)2-3-11(8)15/h2-4,10H,5-7H2,1H3,(H,18,19)(H2,16,17,20). The van der Waals surface area contributed by atoms with Crippen molar-refractivity contribution in [2.75, 3.05) is 13.7 Å². The van der Waals surface area contributed by atoms with Gasteiger partial charge in [-0.15, -0.1) is 0 Å². The summed E-state index contributed by atoms with van der Waals surface area (Å²) in [7, 11) is 1.33. The maximum Gasteiger partial charge on any atom is 0.315 e. The zero-order valence-electron chi connectivity index (χ0n) is 11.4. The summed E-state index contributed by atoms with van der Waals surface area (Å²) in [5.74, 6) is -2.28. The minimum Gasteiger partial charge on any atom is -0.481 e. The molecule has 1 aromatic rings. The van der Waals surface area contributed by atoms with Gasteiger partial charge in [-0.05, 0) is 18.2 Å². The van der Waals surface area contributed by atoms with Crippen LogP contribution < -0.4 is 10.6 Å². The summed E-state index contributed by atoms with van der Waals surface area (Å²) in [5.41, 5.74) is 0.0129. The number of ether oxygens (including phenoxy) is 1. The van der Waals surface area contributed by atoms with E-state index in [1.54, 1.807) is 0 Å². The lowest BCUT2D eigenvalue weighted by Crippen LogP contribution is -2.40. The van der Waals surface area contributed by atoms with E-state index in [9.17, 15) is 18.4 Å². The van der Waals surface area contributed by atoms with Gasteiger partial charge in [-0.1, -0.05) is 0 Å². The van der Waals surface area contributed by atoms with E-state index in [1.807, 2.05) is 0 Å². The van der Waals surface area contributed by atoms with Crippen molar-refractivity contribution in [1.29, 1.82) is 0 Å². The first-order chi connectivity index (χ1) is 9.92. The molecule has 0 aliphatic rings. The van der Waals surface area contributed by atoms with Gasteiger partial charge in [0.15, 0.2) is 0 Å². The second-order valence-electron chi connectivity index (χ2n) is 4.25. The largest absolute Gasteiger partial charge is 0.481 e. The Hall–Kier alpha value is -2.22. The Morgan fingerprint density at radius 2 is 2.05 bits per heavy atom. The van der Waals surface area contributed by atoms with E-state index in [0.29, 0.717) is 0 Å². The number of carboxylic acid groups (broad SMARTS) is 1. The summed E-state index contributed by atoms with van der Waals surface area (Å²) in [6.07, 6.45) is -0.922. The summed E-state index contributed by atoms with van der Waals surface area (Å²) in [5, 5.41) is 13.3. The third kappa shape index (κ3) is 6.17. The van der Waals surface area contributed by atoms with E-state index in [4.69, 9.17) is 9.84 Å². The van der Waals surface area contributed by atoms with E-state index in [1.165, 1.54) is 7.11 Å². The van der Waals surface area contributed by atoms with Crippen LogP contribution in [0.1, 0.15) is 12.0 Å². The number of halogens is 2. The predicted molar refractivity (Wildman–Crippen MR) is 69.6 cm³/mol. The Balaban J connectivity index is 2.40. The number of amides is 2. The number of rotatable bonds is 7. The first kappa shape index (κ1) is 16.8. The number of carboxylic acids is 1. The predicted octanol–water partition coefficient (Wildman–Crippen LogP) is 1.25. The highest BCUT2D eigenvalue weighted by atomic mass is 19.1. The second-order valence-corrected chi connectivity index (χ2v) is 4.25. The van der Waals surface area contributed by atoms with Crippen molar-refractivity contribution in [3.8, 4) is 0 Å². The lowest BCUT2D eigenvalue weighted by Gasteiger charge is -2.14. The Labute approximate surface area is 120 Å². The van der Waals surface area contributed by atoms with Gasteiger partial charge in [0.25, 0.3) is 0 Å². The van der Waals surface area contributed by atoms with Crippen molar-refractivity contribution < 1.29 is 28.2 Å². The van der Waals surface area contributed by atoms with Gasteiger partial charge in [0.1, 0.15) is 11.6 Å². The van der Waals surface area contributed by atoms with Crippen LogP contribution in [0.5, 0.6) is 0 Å². The fourth-order valence-electron chi connectivity index (χ4n) is 1.56. The highest BCUT2D eigenvalue weighted by molar-refractivity contribution is 5.74. The molecule has 0 radical (unpaired) electrons. The van der Waals surface area contributed by atoms with E-state index >= 15 is 0 Å². The monoisotopic (exact) mass is 302 g/mol. The molecule has 0 aromatic heterocycles. The van der Waals surface area contributed by atoms with E-state index < -0.39 is 29.7 Å². The third-order valence-corrected chi connectivity index (χ3v) is 2.67. The van der Waals surface area contributed by atoms with Gasteiger partial charge in [0.05, 0.1) is 12.5 Å². The molecule has 2 amide bonds. The molecule has 1 rings (SSSR count). The third-order valence-electron chi connectivity index (χ3n) is 2.67. The van der Waals surface area contributed by atoms with Gasteiger partial charge in [-0.3, -0.25) is 4.79 Å². The maximum atomic E-state index is 13.3. The van der Waals surface area contributed by atoms with E-state index in [2.05, 4.69) is 10.6 Å². The number of carbonyl (C=O) groups is 2. The summed E-state index contributed by atoms with van der Waals surface area (Å²) in [6.45, 7) is -0.202. The molecule has 0 bridgehead atoms. The zero-order valence-corrected chi connectivity index (χ0v) is 11.4. The van der Waals surface area contributed by atoms with Gasteiger partial charge in [0.2, 0.25) is 0 Å². The number of aliphatic carboxylic acids is 1. The van der Waals surface area contributed by atoms with Crippen molar-refractivity contribution in [2.24, 2.45) is 0 Å². The molecule has 0 fully saturated rings. The minimum absolute atomic E-state index is 0.0129. The van der Waals surface area contributed by atoms with Crippen molar-refractivity contribution in [1.82, 2.24) is 10.6 Å². The smallest absolute Gasteiger partial charge is 0.315 e. The van der Waals surface area contributed by atoms with Gasteiger partial charge in [0, 0.05) is 25.8 Å². The summed E-state index contributed by atoms with van der Waals surface area (Å²) >= 11 is 0. The normalized spacial score (nSPS) is 11.8. The fourth-order valence-corrected chi connectivity index (χ4v) is 1.56. The Bertz CT molecular complexity index is 511. The summed E-state index contributed by atoms with van der Waals surface area (Å²) in [6, 6.07) is 2.30. The lowest BCUT2D eigenvalue weighted by atomic mass is 10.2. The van der Waals surface area contributed by atoms with Crippen LogP contribution in [0, 0.1) is 11.6 Å². The molecule has 21 heavy (non-hydrogen) atoms. The van der Waals surface area contributed by atoms with Gasteiger partial charge in [-0.25, -0.2) is 13.6 Å². The quantitative estimate of drug-likeness (QED) is 0.707. The number of carbonyl (C=O) groups excluding carboxylic acids is 1. The highest BCUT2D eigenvalue weighted by Crippen LogP contribution is 2.09. The Morgan fingerprint density at radius 3 is 2.67 bits per heavy atom. The molecule has 116 valence electrons. The van der Waals surface area contributed by atoms with Gasteiger partial charge < -0.3 is 20.5 Å². The summed E-state index contributed by atoms with van der Waals surface area (Å²) < 4.78 is 31.1. The molecule has 0 aliphatic carbocycles. The Morgan fingerprint density at radius 1 is 1.33 bits per heavy atom. The molecule has 1 aromatic carbocycles. The number of methoxy groups -OCH3 is 1. The SMILES string of the molecule is COC(CNC(=O)NCc1cc(F)ccc1F)CC(=O)O.